The summed E-state index contributed by atoms with van der Waals surface area (Å²) >= 11 is 0. The molecule has 0 fully saturated rings. The van der Waals surface area contributed by atoms with Gasteiger partial charge < -0.3 is 20.3 Å². The van der Waals surface area contributed by atoms with E-state index >= 15 is 0 Å². The van der Waals surface area contributed by atoms with Gasteiger partial charge in [0.05, 0.1) is 24.5 Å². The van der Waals surface area contributed by atoms with Gasteiger partial charge in [-0.05, 0) is 26.0 Å². The molecule has 0 radical (unpaired) electrons. The molecule has 0 bridgehead atoms. The van der Waals surface area contributed by atoms with Crippen LogP contribution in [-0.4, -0.2) is 16.7 Å². The minimum absolute atomic E-state index is 0.431. The second-order valence-electron chi connectivity index (χ2n) is 3.74. The van der Waals surface area contributed by atoms with Gasteiger partial charge in [-0.2, -0.15) is 4.98 Å². The Morgan fingerprint density at radius 1 is 1.44 bits per heavy atom. The van der Waals surface area contributed by atoms with Gasteiger partial charge in [0.15, 0.2) is 5.82 Å². The standard InChI is InChI=1S/C12H16N4O2/c1-3-17-10-6-4-5-9(12(10)13)14-7-11-15-8(2)16-18-11/h4-6,14H,3,7,13H2,1-2H3. The molecule has 1 heterocycles. The highest BCUT2D eigenvalue weighted by Crippen LogP contribution is 2.29. The molecule has 3 N–H and O–H groups in total. The van der Waals surface area contributed by atoms with Gasteiger partial charge in [0.1, 0.15) is 5.75 Å². The number of rotatable bonds is 5. The number of aromatic nitrogens is 2. The number of hydrogen-bond acceptors (Lipinski definition) is 6. The predicted molar refractivity (Wildman–Crippen MR) is 68.4 cm³/mol. The lowest BCUT2D eigenvalue weighted by molar-refractivity contribution is 0.342. The molecule has 0 amide bonds. The molecule has 96 valence electrons. The number of nitrogens with two attached hydrogens (primary N) is 1. The van der Waals surface area contributed by atoms with Crippen LogP contribution in [0.4, 0.5) is 11.4 Å². The van der Waals surface area contributed by atoms with E-state index in [9.17, 15) is 0 Å². The highest BCUT2D eigenvalue weighted by molar-refractivity contribution is 5.72. The molecule has 0 atom stereocenters. The Labute approximate surface area is 105 Å². The maximum absolute atomic E-state index is 5.98. The number of anilines is 2. The van der Waals surface area contributed by atoms with Gasteiger partial charge in [0.2, 0.25) is 5.89 Å². The lowest BCUT2D eigenvalue weighted by atomic mass is 10.2. The summed E-state index contributed by atoms with van der Waals surface area (Å²) in [7, 11) is 0. The molecular weight excluding hydrogens is 232 g/mol. The summed E-state index contributed by atoms with van der Waals surface area (Å²) in [5, 5.41) is 6.86. The van der Waals surface area contributed by atoms with Crippen LogP contribution in [-0.2, 0) is 6.54 Å². The van der Waals surface area contributed by atoms with Crippen LogP contribution in [0.3, 0.4) is 0 Å². The molecule has 6 heteroatoms. The van der Waals surface area contributed by atoms with Crippen molar-refractivity contribution in [1.29, 1.82) is 0 Å². The third kappa shape index (κ3) is 2.71. The lowest BCUT2D eigenvalue weighted by Crippen LogP contribution is -2.04. The number of nitrogens with one attached hydrogen (secondary N) is 1. The smallest absolute Gasteiger partial charge is 0.245 e. The quantitative estimate of drug-likeness (QED) is 0.787. The third-order valence-electron chi connectivity index (χ3n) is 2.37. The zero-order valence-corrected chi connectivity index (χ0v) is 10.4. The molecule has 1 aromatic heterocycles. The number of para-hydroxylation sites is 1. The molecule has 0 aliphatic rings. The van der Waals surface area contributed by atoms with Gasteiger partial charge in [-0.25, -0.2) is 0 Å². The first-order valence-electron chi connectivity index (χ1n) is 5.75. The minimum Gasteiger partial charge on any atom is -0.492 e. The first-order valence-corrected chi connectivity index (χ1v) is 5.75. The summed E-state index contributed by atoms with van der Waals surface area (Å²) in [4.78, 5) is 4.10. The van der Waals surface area contributed by atoms with Gasteiger partial charge >= 0.3 is 0 Å². The van der Waals surface area contributed by atoms with Crippen LogP contribution in [0.15, 0.2) is 22.7 Å². The van der Waals surface area contributed by atoms with Crippen LogP contribution in [0.1, 0.15) is 18.6 Å². The van der Waals surface area contributed by atoms with Crippen LogP contribution in [0.25, 0.3) is 0 Å². The first kappa shape index (κ1) is 12.2. The average Bonchev–Trinajstić information content (AvgIpc) is 2.77. The van der Waals surface area contributed by atoms with Gasteiger partial charge in [0.25, 0.3) is 0 Å². The Morgan fingerprint density at radius 2 is 2.28 bits per heavy atom. The maximum atomic E-state index is 5.98. The lowest BCUT2D eigenvalue weighted by Gasteiger charge is -2.11. The van der Waals surface area contributed by atoms with Crippen LogP contribution in [0.5, 0.6) is 5.75 Å². The van der Waals surface area contributed by atoms with Crippen molar-refractivity contribution in [2.24, 2.45) is 0 Å². The van der Waals surface area contributed by atoms with E-state index in [1.165, 1.54) is 0 Å². The highest BCUT2D eigenvalue weighted by Gasteiger charge is 2.07. The van der Waals surface area contributed by atoms with Crippen molar-refractivity contribution in [3.63, 3.8) is 0 Å². The van der Waals surface area contributed by atoms with Crippen LogP contribution in [0, 0.1) is 6.92 Å². The Bertz CT molecular complexity index is 525. The third-order valence-corrected chi connectivity index (χ3v) is 2.37. The number of aryl methyl sites for hydroxylation is 1. The molecule has 0 aliphatic carbocycles. The number of ether oxygens (including phenoxy) is 1. The first-order chi connectivity index (χ1) is 8.70. The molecule has 1 aromatic carbocycles. The molecule has 0 spiro atoms. The molecule has 0 saturated carbocycles. The topological polar surface area (TPSA) is 86.2 Å². The maximum Gasteiger partial charge on any atom is 0.245 e. The minimum atomic E-state index is 0.431. The second kappa shape index (κ2) is 5.39. The zero-order chi connectivity index (χ0) is 13.0. The monoisotopic (exact) mass is 248 g/mol. The Balaban J connectivity index is 2.07. The van der Waals surface area contributed by atoms with E-state index < -0.39 is 0 Å². The Kier molecular flexibility index (Phi) is 3.66. The summed E-state index contributed by atoms with van der Waals surface area (Å²) < 4.78 is 10.4. The Hall–Kier alpha value is -2.24. The second-order valence-corrected chi connectivity index (χ2v) is 3.74. The van der Waals surface area contributed by atoms with Crippen molar-refractivity contribution in [3.8, 4) is 5.75 Å². The van der Waals surface area contributed by atoms with Crippen LogP contribution >= 0.6 is 0 Å². The molecule has 18 heavy (non-hydrogen) atoms. The Morgan fingerprint density at radius 3 is 2.94 bits per heavy atom. The number of nitrogens with zero attached hydrogens (tertiary/aromatic N) is 2. The van der Waals surface area contributed by atoms with Gasteiger partial charge in [-0.1, -0.05) is 11.2 Å². The molecule has 0 unspecified atom stereocenters. The van der Waals surface area contributed by atoms with E-state index in [-0.39, 0.29) is 0 Å². The van der Waals surface area contributed by atoms with E-state index in [2.05, 4.69) is 15.5 Å². The number of hydrogen-bond donors (Lipinski definition) is 2. The van der Waals surface area contributed by atoms with E-state index in [0.717, 1.165) is 5.69 Å². The van der Waals surface area contributed by atoms with Crippen molar-refractivity contribution < 1.29 is 9.26 Å². The highest BCUT2D eigenvalue weighted by atomic mass is 16.5. The van der Waals surface area contributed by atoms with Crippen LogP contribution in [0.2, 0.25) is 0 Å². The van der Waals surface area contributed by atoms with Gasteiger partial charge in [0, 0.05) is 0 Å². The van der Waals surface area contributed by atoms with Crippen molar-refractivity contribution in [1.82, 2.24) is 10.1 Å². The number of benzene rings is 1. The molecular formula is C12H16N4O2. The summed E-state index contributed by atoms with van der Waals surface area (Å²) in [5.41, 5.74) is 7.35. The molecule has 0 aliphatic heterocycles. The summed E-state index contributed by atoms with van der Waals surface area (Å²) in [6.45, 7) is 4.70. The van der Waals surface area contributed by atoms with Crippen molar-refractivity contribution in [3.05, 3.63) is 29.9 Å². The summed E-state index contributed by atoms with van der Waals surface area (Å²) in [6.07, 6.45) is 0. The van der Waals surface area contributed by atoms with Crippen molar-refractivity contribution in [2.75, 3.05) is 17.7 Å². The summed E-state index contributed by atoms with van der Waals surface area (Å²) in [6, 6.07) is 5.59. The van der Waals surface area contributed by atoms with E-state index in [1.54, 1.807) is 6.92 Å². The van der Waals surface area contributed by atoms with Crippen LogP contribution < -0.4 is 15.8 Å². The van der Waals surface area contributed by atoms with E-state index in [1.807, 2.05) is 25.1 Å². The van der Waals surface area contributed by atoms with Crippen molar-refractivity contribution in [2.45, 2.75) is 20.4 Å². The van der Waals surface area contributed by atoms with Crippen molar-refractivity contribution >= 4 is 11.4 Å². The van der Waals surface area contributed by atoms with E-state index in [4.69, 9.17) is 15.0 Å². The largest absolute Gasteiger partial charge is 0.492 e. The molecule has 2 aromatic rings. The molecule has 2 rings (SSSR count). The number of nitrogen functional groups attached to an aromatic ring is 1. The SMILES string of the molecule is CCOc1cccc(NCc2nc(C)no2)c1N. The fourth-order valence-electron chi connectivity index (χ4n) is 1.56. The van der Waals surface area contributed by atoms with E-state index in [0.29, 0.717) is 36.3 Å². The normalized spacial score (nSPS) is 10.3. The fourth-order valence-corrected chi connectivity index (χ4v) is 1.56. The summed E-state index contributed by atoms with van der Waals surface area (Å²) in [5.74, 6) is 1.81. The molecule has 0 saturated heterocycles. The van der Waals surface area contributed by atoms with Gasteiger partial charge in [-0.15, -0.1) is 0 Å². The predicted octanol–water partition coefficient (Wildman–Crippen LogP) is 1.97. The van der Waals surface area contributed by atoms with Gasteiger partial charge in [-0.3, -0.25) is 0 Å². The fraction of sp³-hybridized carbons (Fsp3) is 0.333. The zero-order valence-electron chi connectivity index (χ0n) is 10.4. The molecule has 6 nitrogen and oxygen atoms in total. The average molecular weight is 248 g/mol.